The molecule has 2 N–H and O–H groups in total. The molecule has 94 valence electrons. The molecule has 4 nitrogen and oxygen atoms in total. The Hall–Kier alpha value is -2.30. The normalized spacial score (nSPS) is 10.1. The number of nitrogen functional groups attached to an aromatic ring is 1. The molecule has 2 aromatic rings. The van der Waals surface area contributed by atoms with Crippen molar-refractivity contribution in [3.05, 3.63) is 42.3 Å². The first-order chi connectivity index (χ1) is 8.72. The first-order valence-corrected chi connectivity index (χ1v) is 5.52. The Kier molecular flexibility index (Phi) is 3.62. The maximum atomic E-state index is 13.6. The molecule has 1 heterocycles. The molecule has 0 amide bonds. The minimum Gasteiger partial charge on any atom is -0.488 e. The molecule has 2 rings (SSSR count). The second-order valence-corrected chi connectivity index (χ2v) is 3.50. The summed E-state index contributed by atoms with van der Waals surface area (Å²) in [4.78, 5) is 4.01. The smallest absolute Gasteiger partial charge is 0.262 e. The molecule has 1 aromatic carbocycles. The predicted molar refractivity (Wildman–Crippen MR) is 66.3 cm³/mol. The van der Waals surface area contributed by atoms with Gasteiger partial charge in [0, 0.05) is 6.20 Å². The summed E-state index contributed by atoms with van der Waals surface area (Å²) in [7, 11) is 0. The summed E-state index contributed by atoms with van der Waals surface area (Å²) >= 11 is 0. The zero-order valence-corrected chi connectivity index (χ0v) is 9.89. The maximum Gasteiger partial charge on any atom is 0.262 e. The highest BCUT2D eigenvalue weighted by Crippen LogP contribution is 2.33. The lowest BCUT2D eigenvalue weighted by Gasteiger charge is -2.11. The van der Waals surface area contributed by atoms with Crippen LogP contribution in [0.5, 0.6) is 17.4 Å². The van der Waals surface area contributed by atoms with Gasteiger partial charge in [-0.1, -0.05) is 6.07 Å². The van der Waals surface area contributed by atoms with E-state index in [-0.39, 0.29) is 17.3 Å². The van der Waals surface area contributed by atoms with Crippen LogP contribution in [0.3, 0.4) is 0 Å². The number of pyridine rings is 1. The van der Waals surface area contributed by atoms with Crippen LogP contribution in [0.4, 0.5) is 10.1 Å². The number of para-hydroxylation sites is 1. The van der Waals surface area contributed by atoms with Crippen LogP contribution in [0.1, 0.15) is 6.92 Å². The van der Waals surface area contributed by atoms with Gasteiger partial charge in [-0.3, -0.25) is 0 Å². The standard InChI is InChI=1S/C13H13FN2O2/c1-2-17-11-7-4-8-16-13(11)18-12-9(14)5-3-6-10(12)15/h3-8H,2,15H2,1H3. The highest BCUT2D eigenvalue weighted by Gasteiger charge is 2.12. The largest absolute Gasteiger partial charge is 0.488 e. The van der Waals surface area contributed by atoms with Gasteiger partial charge in [-0.25, -0.2) is 9.37 Å². The number of nitrogens with zero attached hydrogens (tertiary/aromatic N) is 1. The van der Waals surface area contributed by atoms with Crippen molar-refractivity contribution in [2.45, 2.75) is 6.92 Å². The summed E-state index contributed by atoms with van der Waals surface area (Å²) in [5.74, 6) is 0.0547. The molecule has 0 radical (unpaired) electrons. The predicted octanol–water partition coefficient (Wildman–Crippen LogP) is 2.99. The molecule has 0 bridgehead atoms. The SMILES string of the molecule is CCOc1cccnc1Oc1c(N)cccc1F. The maximum absolute atomic E-state index is 13.6. The van der Waals surface area contributed by atoms with Gasteiger partial charge in [0.2, 0.25) is 0 Å². The van der Waals surface area contributed by atoms with E-state index in [2.05, 4.69) is 4.98 Å². The van der Waals surface area contributed by atoms with Crippen molar-refractivity contribution in [1.82, 2.24) is 4.98 Å². The van der Waals surface area contributed by atoms with Gasteiger partial charge in [0.25, 0.3) is 5.88 Å². The van der Waals surface area contributed by atoms with Gasteiger partial charge in [0.1, 0.15) is 0 Å². The molecule has 5 heteroatoms. The number of ether oxygens (including phenoxy) is 2. The number of benzene rings is 1. The number of nitrogens with two attached hydrogens (primary N) is 1. The summed E-state index contributed by atoms with van der Waals surface area (Å²) in [6.45, 7) is 2.31. The number of aromatic nitrogens is 1. The fourth-order valence-electron chi connectivity index (χ4n) is 1.45. The molecule has 0 saturated heterocycles. The number of hydrogen-bond acceptors (Lipinski definition) is 4. The average Bonchev–Trinajstić information content (AvgIpc) is 2.36. The monoisotopic (exact) mass is 248 g/mol. The van der Waals surface area contributed by atoms with Crippen LogP contribution < -0.4 is 15.2 Å². The van der Waals surface area contributed by atoms with Crippen LogP contribution in [0.25, 0.3) is 0 Å². The van der Waals surface area contributed by atoms with Gasteiger partial charge in [0.05, 0.1) is 12.3 Å². The Bertz CT molecular complexity index is 526. The van der Waals surface area contributed by atoms with E-state index in [9.17, 15) is 4.39 Å². The molecular weight excluding hydrogens is 235 g/mol. The van der Waals surface area contributed by atoms with E-state index >= 15 is 0 Å². The van der Waals surface area contributed by atoms with E-state index in [0.717, 1.165) is 0 Å². The van der Waals surface area contributed by atoms with Crippen molar-refractivity contribution < 1.29 is 13.9 Å². The third-order valence-corrected chi connectivity index (χ3v) is 2.23. The molecule has 0 spiro atoms. The third kappa shape index (κ3) is 2.51. The molecule has 0 atom stereocenters. The van der Waals surface area contributed by atoms with E-state index in [0.29, 0.717) is 12.4 Å². The van der Waals surface area contributed by atoms with Crippen LogP contribution in [0, 0.1) is 5.82 Å². The molecule has 0 aliphatic carbocycles. The Morgan fingerprint density at radius 1 is 1.28 bits per heavy atom. The molecule has 1 aromatic heterocycles. The van der Waals surface area contributed by atoms with E-state index in [1.807, 2.05) is 6.92 Å². The Morgan fingerprint density at radius 3 is 2.83 bits per heavy atom. The van der Waals surface area contributed by atoms with Crippen molar-refractivity contribution >= 4 is 5.69 Å². The van der Waals surface area contributed by atoms with Gasteiger partial charge in [-0.05, 0) is 31.2 Å². The highest BCUT2D eigenvalue weighted by molar-refractivity contribution is 5.54. The minimum atomic E-state index is -0.539. The summed E-state index contributed by atoms with van der Waals surface area (Å²) in [5.41, 5.74) is 5.87. The van der Waals surface area contributed by atoms with E-state index in [4.69, 9.17) is 15.2 Å². The van der Waals surface area contributed by atoms with Crippen LogP contribution in [0.15, 0.2) is 36.5 Å². The van der Waals surface area contributed by atoms with E-state index in [1.165, 1.54) is 18.3 Å². The molecule has 0 unspecified atom stereocenters. The van der Waals surface area contributed by atoms with Gasteiger partial charge in [0.15, 0.2) is 17.3 Å². The molecule has 0 aliphatic rings. The lowest BCUT2D eigenvalue weighted by molar-refractivity contribution is 0.313. The summed E-state index contributed by atoms with van der Waals surface area (Å²) in [6, 6.07) is 7.75. The van der Waals surface area contributed by atoms with Crippen molar-refractivity contribution in [2.75, 3.05) is 12.3 Å². The zero-order chi connectivity index (χ0) is 13.0. The number of rotatable bonds is 4. The molecule has 0 aliphatic heterocycles. The molecular formula is C13H13FN2O2. The second kappa shape index (κ2) is 5.35. The molecule has 0 saturated carbocycles. The van der Waals surface area contributed by atoms with Crippen molar-refractivity contribution in [2.24, 2.45) is 0 Å². The van der Waals surface area contributed by atoms with Crippen LogP contribution in [0.2, 0.25) is 0 Å². The van der Waals surface area contributed by atoms with Crippen molar-refractivity contribution in [3.8, 4) is 17.4 Å². The Morgan fingerprint density at radius 2 is 2.11 bits per heavy atom. The van der Waals surface area contributed by atoms with Gasteiger partial charge in [-0.15, -0.1) is 0 Å². The lowest BCUT2D eigenvalue weighted by atomic mass is 10.3. The summed E-state index contributed by atoms with van der Waals surface area (Å²) in [6.07, 6.45) is 1.54. The van der Waals surface area contributed by atoms with Crippen LogP contribution in [-0.2, 0) is 0 Å². The molecule has 18 heavy (non-hydrogen) atoms. The van der Waals surface area contributed by atoms with E-state index < -0.39 is 5.82 Å². The van der Waals surface area contributed by atoms with Gasteiger partial charge in [-0.2, -0.15) is 0 Å². The average molecular weight is 248 g/mol. The lowest BCUT2D eigenvalue weighted by Crippen LogP contribution is -1.99. The second-order valence-electron chi connectivity index (χ2n) is 3.50. The Balaban J connectivity index is 2.34. The fourth-order valence-corrected chi connectivity index (χ4v) is 1.45. The molecule has 0 fully saturated rings. The van der Waals surface area contributed by atoms with Crippen molar-refractivity contribution in [1.29, 1.82) is 0 Å². The minimum absolute atomic E-state index is 0.0443. The number of anilines is 1. The topological polar surface area (TPSA) is 57.4 Å². The van der Waals surface area contributed by atoms with Crippen LogP contribution >= 0.6 is 0 Å². The fraction of sp³-hybridized carbons (Fsp3) is 0.154. The zero-order valence-electron chi connectivity index (χ0n) is 9.89. The highest BCUT2D eigenvalue weighted by atomic mass is 19.1. The summed E-state index contributed by atoms with van der Waals surface area (Å²) < 4.78 is 24.3. The van der Waals surface area contributed by atoms with Crippen LogP contribution in [-0.4, -0.2) is 11.6 Å². The first kappa shape index (κ1) is 12.2. The quantitative estimate of drug-likeness (QED) is 0.845. The number of halogens is 1. The first-order valence-electron chi connectivity index (χ1n) is 5.52. The summed E-state index contributed by atoms with van der Waals surface area (Å²) in [5, 5.41) is 0. The number of hydrogen-bond donors (Lipinski definition) is 1. The van der Waals surface area contributed by atoms with E-state index in [1.54, 1.807) is 18.2 Å². The third-order valence-electron chi connectivity index (χ3n) is 2.23. The Labute approximate surface area is 104 Å². The van der Waals surface area contributed by atoms with Gasteiger partial charge >= 0.3 is 0 Å². The van der Waals surface area contributed by atoms with Gasteiger partial charge < -0.3 is 15.2 Å². The van der Waals surface area contributed by atoms with Crippen molar-refractivity contribution in [3.63, 3.8) is 0 Å².